The molecule has 0 amide bonds. The number of hydrogen-bond donors (Lipinski definition) is 1. The first-order valence-corrected chi connectivity index (χ1v) is 7.16. The summed E-state index contributed by atoms with van der Waals surface area (Å²) in [7, 11) is 0. The molecule has 1 aromatic carbocycles. The summed E-state index contributed by atoms with van der Waals surface area (Å²) in [6, 6.07) is 9.22. The lowest BCUT2D eigenvalue weighted by Gasteiger charge is -2.17. The van der Waals surface area contributed by atoms with E-state index >= 15 is 0 Å². The zero-order chi connectivity index (χ0) is 13.2. The van der Waals surface area contributed by atoms with Gasteiger partial charge in [-0.1, -0.05) is 31.2 Å². The van der Waals surface area contributed by atoms with Gasteiger partial charge in [-0.2, -0.15) is 0 Å². The molecule has 0 fully saturated rings. The number of aryl methyl sites for hydroxylation is 2. The molecule has 1 aliphatic rings. The SMILES string of the molecule is CCCNc1nc(C)cn1C1CCc2ccccc21. The van der Waals surface area contributed by atoms with Crippen LogP contribution in [0, 0.1) is 6.92 Å². The van der Waals surface area contributed by atoms with Crippen LogP contribution in [-0.2, 0) is 6.42 Å². The highest BCUT2D eigenvalue weighted by Gasteiger charge is 2.25. The molecule has 0 aliphatic heterocycles. The molecule has 1 heterocycles. The normalized spacial score (nSPS) is 17.5. The summed E-state index contributed by atoms with van der Waals surface area (Å²) in [6.07, 6.45) is 5.64. The minimum Gasteiger partial charge on any atom is -0.356 e. The van der Waals surface area contributed by atoms with Crippen LogP contribution < -0.4 is 5.32 Å². The minimum atomic E-state index is 0.441. The topological polar surface area (TPSA) is 29.9 Å². The second kappa shape index (κ2) is 5.08. The molecule has 1 aromatic heterocycles. The lowest BCUT2D eigenvalue weighted by molar-refractivity contribution is 0.583. The third kappa shape index (κ3) is 2.25. The van der Waals surface area contributed by atoms with Gasteiger partial charge in [0, 0.05) is 12.7 Å². The van der Waals surface area contributed by atoms with Crippen molar-refractivity contribution in [1.29, 1.82) is 0 Å². The van der Waals surface area contributed by atoms with Crippen molar-refractivity contribution < 1.29 is 0 Å². The predicted molar refractivity (Wildman–Crippen MR) is 78.6 cm³/mol. The first kappa shape index (κ1) is 12.3. The Morgan fingerprint density at radius 3 is 3.05 bits per heavy atom. The second-order valence-corrected chi connectivity index (χ2v) is 5.29. The summed E-state index contributed by atoms with van der Waals surface area (Å²) in [4.78, 5) is 4.62. The van der Waals surface area contributed by atoms with Gasteiger partial charge in [0.1, 0.15) is 0 Å². The number of nitrogens with zero attached hydrogens (tertiary/aromatic N) is 2. The molecule has 1 N–H and O–H groups in total. The van der Waals surface area contributed by atoms with Gasteiger partial charge < -0.3 is 9.88 Å². The molecule has 0 bridgehead atoms. The van der Waals surface area contributed by atoms with Gasteiger partial charge in [0.15, 0.2) is 0 Å². The molecule has 19 heavy (non-hydrogen) atoms. The van der Waals surface area contributed by atoms with Crippen LogP contribution in [0.5, 0.6) is 0 Å². The van der Waals surface area contributed by atoms with Crippen molar-refractivity contribution in [1.82, 2.24) is 9.55 Å². The van der Waals surface area contributed by atoms with E-state index in [1.54, 1.807) is 0 Å². The molecule has 0 saturated carbocycles. The number of fused-ring (bicyclic) bond motifs is 1. The molecule has 3 heteroatoms. The van der Waals surface area contributed by atoms with Crippen LogP contribution in [0.25, 0.3) is 0 Å². The molecule has 100 valence electrons. The highest BCUT2D eigenvalue weighted by Crippen LogP contribution is 2.35. The molecular formula is C16H21N3. The van der Waals surface area contributed by atoms with Crippen LogP contribution in [0.3, 0.4) is 0 Å². The van der Waals surface area contributed by atoms with E-state index in [-0.39, 0.29) is 0 Å². The van der Waals surface area contributed by atoms with E-state index in [9.17, 15) is 0 Å². The zero-order valence-electron chi connectivity index (χ0n) is 11.7. The Morgan fingerprint density at radius 2 is 2.21 bits per heavy atom. The highest BCUT2D eigenvalue weighted by atomic mass is 15.2. The van der Waals surface area contributed by atoms with Crippen LogP contribution in [0.15, 0.2) is 30.5 Å². The molecule has 0 radical (unpaired) electrons. The van der Waals surface area contributed by atoms with Crippen molar-refractivity contribution in [2.75, 3.05) is 11.9 Å². The summed E-state index contributed by atoms with van der Waals surface area (Å²) in [5, 5.41) is 3.44. The predicted octanol–water partition coefficient (Wildman–Crippen LogP) is 3.55. The third-order valence-corrected chi connectivity index (χ3v) is 3.82. The maximum atomic E-state index is 4.62. The number of rotatable bonds is 4. The van der Waals surface area contributed by atoms with Crippen LogP contribution in [0.4, 0.5) is 5.95 Å². The first-order valence-electron chi connectivity index (χ1n) is 7.16. The smallest absolute Gasteiger partial charge is 0.203 e. The van der Waals surface area contributed by atoms with Crippen molar-refractivity contribution >= 4 is 5.95 Å². The van der Waals surface area contributed by atoms with E-state index in [0.29, 0.717) is 6.04 Å². The maximum Gasteiger partial charge on any atom is 0.203 e. The number of benzene rings is 1. The highest BCUT2D eigenvalue weighted by molar-refractivity contribution is 5.39. The Kier molecular flexibility index (Phi) is 3.28. The van der Waals surface area contributed by atoms with Crippen LogP contribution in [0.1, 0.15) is 42.6 Å². The number of anilines is 1. The van der Waals surface area contributed by atoms with Crippen molar-refractivity contribution in [3.05, 3.63) is 47.3 Å². The monoisotopic (exact) mass is 255 g/mol. The third-order valence-electron chi connectivity index (χ3n) is 3.82. The largest absolute Gasteiger partial charge is 0.356 e. The van der Waals surface area contributed by atoms with E-state index in [1.165, 1.54) is 24.0 Å². The van der Waals surface area contributed by atoms with Crippen LogP contribution in [0.2, 0.25) is 0 Å². The van der Waals surface area contributed by atoms with E-state index in [1.807, 2.05) is 0 Å². The van der Waals surface area contributed by atoms with Crippen LogP contribution in [-0.4, -0.2) is 16.1 Å². The molecule has 2 aromatic rings. The fraction of sp³-hybridized carbons (Fsp3) is 0.438. The molecular weight excluding hydrogens is 234 g/mol. The van der Waals surface area contributed by atoms with Gasteiger partial charge in [-0.25, -0.2) is 4.98 Å². The van der Waals surface area contributed by atoms with Gasteiger partial charge in [0.05, 0.1) is 11.7 Å². The van der Waals surface area contributed by atoms with E-state index < -0.39 is 0 Å². The fourth-order valence-electron chi connectivity index (χ4n) is 2.94. The minimum absolute atomic E-state index is 0.441. The average Bonchev–Trinajstić information content (AvgIpc) is 2.99. The number of nitrogens with one attached hydrogen (secondary N) is 1. The quantitative estimate of drug-likeness (QED) is 0.905. The second-order valence-electron chi connectivity index (χ2n) is 5.29. The Hall–Kier alpha value is -1.77. The first-order chi connectivity index (χ1) is 9.29. The molecule has 1 unspecified atom stereocenters. The van der Waals surface area contributed by atoms with Gasteiger partial charge in [-0.3, -0.25) is 0 Å². The van der Waals surface area contributed by atoms with E-state index in [4.69, 9.17) is 0 Å². The molecule has 1 atom stereocenters. The average molecular weight is 255 g/mol. The van der Waals surface area contributed by atoms with Gasteiger partial charge in [0.25, 0.3) is 0 Å². The number of imidazole rings is 1. The fourth-order valence-corrected chi connectivity index (χ4v) is 2.94. The van der Waals surface area contributed by atoms with Crippen molar-refractivity contribution in [2.24, 2.45) is 0 Å². The molecule has 0 saturated heterocycles. The summed E-state index contributed by atoms with van der Waals surface area (Å²) < 4.78 is 2.32. The van der Waals surface area contributed by atoms with Gasteiger partial charge in [0.2, 0.25) is 5.95 Å². The lowest BCUT2D eigenvalue weighted by Crippen LogP contribution is -2.12. The maximum absolute atomic E-state index is 4.62. The van der Waals surface area contributed by atoms with Gasteiger partial charge >= 0.3 is 0 Å². The van der Waals surface area contributed by atoms with Gasteiger partial charge in [-0.05, 0) is 37.3 Å². The van der Waals surface area contributed by atoms with E-state index in [0.717, 1.165) is 24.6 Å². The van der Waals surface area contributed by atoms with Crippen LogP contribution >= 0.6 is 0 Å². The molecule has 3 nitrogen and oxygen atoms in total. The standard InChI is InChI=1S/C16H21N3/c1-3-10-17-16-18-12(2)11-19(16)15-9-8-13-6-4-5-7-14(13)15/h4-7,11,15H,3,8-10H2,1-2H3,(H,17,18). The summed E-state index contributed by atoms with van der Waals surface area (Å²) in [6.45, 7) is 5.22. The van der Waals surface area contributed by atoms with Crippen molar-refractivity contribution in [2.45, 2.75) is 39.2 Å². The molecule has 0 spiro atoms. The van der Waals surface area contributed by atoms with Crippen molar-refractivity contribution in [3.63, 3.8) is 0 Å². The molecule has 3 rings (SSSR count). The Morgan fingerprint density at radius 1 is 1.37 bits per heavy atom. The van der Waals surface area contributed by atoms with E-state index in [2.05, 4.69) is 59.2 Å². The Labute approximate surface area is 114 Å². The van der Waals surface area contributed by atoms with Crippen molar-refractivity contribution in [3.8, 4) is 0 Å². The Balaban J connectivity index is 1.95. The Bertz CT molecular complexity index is 571. The number of hydrogen-bond acceptors (Lipinski definition) is 2. The lowest BCUT2D eigenvalue weighted by atomic mass is 10.1. The summed E-state index contributed by atoms with van der Waals surface area (Å²) in [5.74, 6) is 1.01. The summed E-state index contributed by atoms with van der Waals surface area (Å²) in [5.41, 5.74) is 4.03. The van der Waals surface area contributed by atoms with Gasteiger partial charge in [-0.15, -0.1) is 0 Å². The molecule has 1 aliphatic carbocycles. The zero-order valence-corrected chi connectivity index (χ0v) is 11.7. The number of aromatic nitrogens is 2. The summed E-state index contributed by atoms with van der Waals surface area (Å²) >= 11 is 0.